The van der Waals surface area contributed by atoms with Gasteiger partial charge in [-0.15, -0.1) is 0 Å². The molecule has 2 aromatic rings. The van der Waals surface area contributed by atoms with E-state index in [9.17, 15) is 9.59 Å². The van der Waals surface area contributed by atoms with Gasteiger partial charge in [0.05, 0.1) is 0 Å². The molecule has 0 atom stereocenters. The van der Waals surface area contributed by atoms with Gasteiger partial charge in [-0.25, -0.2) is 0 Å². The van der Waals surface area contributed by atoms with Crippen molar-refractivity contribution in [3.8, 4) is 11.5 Å². The largest absolute Gasteiger partial charge is 0.457 e. The Labute approximate surface area is 154 Å². The first-order valence-electron chi connectivity index (χ1n) is 8.37. The molecular weight excluding hydrogens is 326 g/mol. The second-order valence-electron chi connectivity index (χ2n) is 6.21. The molecule has 2 rings (SSSR count). The summed E-state index contributed by atoms with van der Waals surface area (Å²) in [6.45, 7) is 10.7. The lowest BCUT2D eigenvalue weighted by Crippen LogP contribution is -2.11. The summed E-state index contributed by atoms with van der Waals surface area (Å²) in [6.07, 6.45) is 1.15. The van der Waals surface area contributed by atoms with Crippen molar-refractivity contribution in [2.75, 3.05) is 5.32 Å². The van der Waals surface area contributed by atoms with Crippen LogP contribution in [-0.4, -0.2) is 11.7 Å². The van der Waals surface area contributed by atoms with E-state index in [1.54, 1.807) is 38.1 Å². The molecule has 1 N–H and O–H groups in total. The van der Waals surface area contributed by atoms with Crippen LogP contribution in [0.5, 0.6) is 11.5 Å². The Bertz CT molecular complexity index is 817. The number of hydrogen-bond donors (Lipinski definition) is 1. The molecule has 0 aliphatic carbocycles. The normalized spacial score (nSPS) is 10.1. The zero-order valence-corrected chi connectivity index (χ0v) is 15.2. The topological polar surface area (TPSA) is 55.4 Å². The molecule has 134 valence electrons. The molecule has 0 aliphatic heterocycles. The third-order valence-corrected chi connectivity index (χ3v) is 3.78. The van der Waals surface area contributed by atoms with Gasteiger partial charge >= 0.3 is 0 Å². The number of ketones is 1. The molecule has 0 spiro atoms. The van der Waals surface area contributed by atoms with Gasteiger partial charge in [0, 0.05) is 17.7 Å². The van der Waals surface area contributed by atoms with Gasteiger partial charge in [-0.1, -0.05) is 25.3 Å². The second-order valence-corrected chi connectivity index (χ2v) is 6.21. The van der Waals surface area contributed by atoms with Gasteiger partial charge < -0.3 is 10.1 Å². The summed E-state index contributed by atoms with van der Waals surface area (Å²) in [5.41, 5.74) is 2.80. The summed E-state index contributed by atoms with van der Waals surface area (Å²) >= 11 is 0. The number of hydrogen-bond acceptors (Lipinski definition) is 3. The maximum Gasteiger partial charge on any atom is 0.250 e. The third kappa shape index (κ3) is 5.74. The van der Waals surface area contributed by atoms with Crippen LogP contribution < -0.4 is 10.1 Å². The highest BCUT2D eigenvalue weighted by Crippen LogP contribution is 2.24. The van der Waals surface area contributed by atoms with Crippen molar-refractivity contribution < 1.29 is 14.3 Å². The van der Waals surface area contributed by atoms with Gasteiger partial charge in [-0.2, -0.15) is 0 Å². The minimum atomic E-state index is -0.209. The molecular formula is C22H23NO3. The van der Waals surface area contributed by atoms with E-state index in [4.69, 9.17) is 4.74 Å². The average Bonchev–Trinajstić information content (AvgIpc) is 2.62. The van der Waals surface area contributed by atoms with Crippen LogP contribution in [-0.2, 0) is 16.0 Å². The fraction of sp³-hybridized carbons (Fsp3) is 0.182. The molecule has 0 unspecified atom stereocenters. The molecule has 0 aromatic heterocycles. The second kappa shape index (κ2) is 8.81. The Kier molecular flexibility index (Phi) is 6.50. The van der Waals surface area contributed by atoms with Crippen LogP contribution in [0.3, 0.4) is 0 Å². The number of allylic oxidation sites excluding steroid dienone is 1. The molecule has 2 aromatic carbocycles. The fourth-order valence-corrected chi connectivity index (χ4v) is 2.18. The summed E-state index contributed by atoms with van der Waals surface area (Å²) in [5, 5.41) is 2.74. The van der Waals surface area contributed by atoms with Gasteiger partial charge in [0.1, 0.15) is 11.5 Å². The monoisotopic (exact) mass is 349 g/mol. The van der Waals surface area contributed by atoms with Crippen molar-refractivity contribution in [1.29, 1.82) is 0 Å². The summed E-state index contributed by atoms with van der Waals surface area (Å²) in [4.78, 5) is 23.2. The van der Waals surface area contributed by atoms with Crippen molar-refractivity contribution in [2.24, 2.45) is 0 Å². The predicted molar refractivity (Wildman–Crippen MR) is 105 cm³/mol. The van der Waals surface area contributed by atoms with E-state index >= 15 is 0 Å². The van der Waals surface area contributed by atoms with E-state index in [2.05, 4.69) is 18.5 Å². The Morgan fingerprint density at radius 2 is 1.42 bits per heavy atom. The molecule has 0 fully saturated rings. The number of aryl methyl sites for hydroxylation is 1. The van der Waals surface area contributed by atoms with E-state index in [0.717, 1.165) is 5.56 Å². The lowest BCUT2D eigenvalue weighted by Gasteiger charge is -2.09. The quantitative estimate of drug-likeness (QED) is 0.677. The van der Waals surface area contributed by atoms with E-state index in [0.29, 0.717) is 41.2 Å². The summed E-state index contributed by atoms with van der Waals surface area (Å²) in [5.74, 6) is 1.26. The van der Waals surface area contributed by atoms with Gasteiger partial charge in [0.2, 0.25) is 0 Å². The lowest BCUT2D eigenvalue weighted by molar-refractivity contribution is -0.115. The molecule has 0 saturated heterocycles. The van der Waals surface area contributed by atoms with E-state index in [1.165, 1.54) is 0 Å². The first-order valence-corrected chi connectivity index (χ1v) is 8.37. The van der Waals surface area contributed by atoms with Crippen LogP contribution in [0.1, 0.15) is 25.8 Å². The smallest absolute Gasteiger partial charge is 0.250 e. The van der Waals surface area contributed by atoms with Crippen molar-refractivity contribution in [3.63, 3.8) is 0 Å². The maximum absolute atomic E-state index is 11.6. The summed E-state index contributed by atoms with van der Waals surface area (Å²) in [6, 6.07) is 14.8. The summed E-state index contributed by atoms with van der Waals surface area (Å²) < 4.78 is 5.79. The van der Waals surface area contributed by atoms with Crippen molar-refractivity contribution in [3.05, 3.63) is 78.4 Å². The predicted octanol–water partition coefficient (Wildman–Crippen LogP) is 5.07. The number of anilines is 1. The minimum Gasteiger partial charge on any atom is -0.457 e. The number of benzene rings is 2. The Morgan fingerprint density at radius 3 is 1.92 bits per heavy atom. The van der Waals surface area contributed by atoms with Gasteiger partial charge in [-0.3, -0.25) is 9.59 Å². The first-order chi connectivity index (χ1) is 12.3. The molecule has 26 heavy (non-hydrogen) atoms. The highest BCUT2D eigenvalue weighted by Gasteiger charge is 2.05. The molecule has 0 bridgehead atoms. The fourth-order valence-electron chi connectivity index (χ4n) is 2.18. The molecule has 4 nitrogen and oxygen atoms in total. The molecule has 0 heterocycles. The number of rotatable bonds is 8. The van der Waals surface area contributed by atoms with Gasteiger partial charge in [-0.05, 0) is 67.8 Å². The highest BCUT2D eigenvalue weighted by atomic mass is 16.5. The van der Waals surface area contributed by atoms with Crippen molar-refractivity contribution in [1.82, 2.24) is 0 Å². The molecule has 0 aliphatic rings. The van der Waals surface area contributed by atoms with E-state index < -0.39 is 0 Å². The Balaban J connectivity index is 1.92. The van der Waals surface area contributed by atoms with Crippen LogP contribution in [0.25, 0.3) is 0 Å². The van der Waals surface area contributed by atoms with Crippen LogP contribution >= 0.6 is 0 Å². The first kappa shape index (κ1) is 19.2. The van der Waals surface area contributed by atoms with Crippen molar-refractivity contribution in [2.45, 2.75) is 26.7 Å². The van der Waals surface area contributed by atoms with Crippen LogP contribution in [0, 0.1) is 0 Å². The zero-order chi connectivity index (χ0) is 19.1. The number of Topliss-reactive ketones (excluding diaryl/α,β-unsaturated/α-hetero) is 1. The molecule has 4 heteroatoms. The molecule has 0 saturated carbocycles. The van der Waals surface area contributed by atoms with Crippen LogP contribution in [0.15, 0.2) is 72.8 Å². The van der Waals surface area contributed by atoms with Crippen LogP contribution in [0.4, 0.5) is 5.69 Å². The number of carbonyl (C=O) groups excluding carboxylic acids is 2. The number of ether oxygens (including phenoxy) is 1. The number of amides is 1. The van der Waals surface area contributed by atoms with Crippen molar-refractivity contribution >= 4 is 17.4 Å². The van der Waals surface area contributed by atoms with Gasteiger partial charge in [0.25, 0.3) is 5.91 Å². The van der Waals surface area contributed by atoms with Gasteiger partial charge in [0.15, 0.2) is 5.78 Å². The van der Waals surface area contributed by atoms with Crippen LogP contribution in [0.2, 0.25) is 0 Å². The Hall–Kier alpha value is -3.14. The average molecular weight is 349 g/mol. The number of nitrogens with one attached hydrogen (secondary N) is 1. The Morgan fingerprint density at radius 1 is 0.885 bits per heavy atom. The number of carbonyl (C=O) groups is 2. The van der Waals surface area contributed by atoms with E-state index in [-0.39, 0.29) is 11.7 Å². The SMILES string of the molecule is C=C(C)C(=O)CCc1ccc(Oc2ccc(NC(=O)C(=C)C)cc2)cc1. The maximum atomic E-state index is 11.6. The molecule has 1 amide bonds. The minimum absolute atomic E-state index is 0.0872. The lowest BCUT2D eigenvalue weighted by atomic mass is 10.0. The van der Waals surface area contributed by atoms with E-state index in [1.807, 2.05) is 24.3 Å². The summed E-state index contributed by atoms with van der Waals surface area (Å²) in [7, 11) is 0. The third-order valence-electron chi connectivity index (χ3n) is 3.78. The zero-order valence-electron chi connectivity index (χ0n) is 15.2. The highest BCUT2D eigenvalue weighted by molar-refractivity contribution is 6.02. The molecule has 0 radical (unpaired) electrons. The standard InChI is InChI=1S/C22H23NO3/c1-15(2)21(24)14-7-17-5-10-19(11-6-17)26-20-12-8-18(9-13-20)23-22(25)16(3)4/h5-6,8-13H,1,3,7,14H2,2,4H3,(H,23,25).